The molecule has 0 atom stereocenters. The second-order valence-corrected chi connectivity index (χ2v) is 1.77. The third-order valence-corrected chi connectivity index (χ3v) is 1.11. The van der Waals surface area contributed by atoms with Crippen LogP contribution >= 0.6 is 0 Å². The molecule has 0 saturated carbocycles. The molecule has 1 aromatic carbocycles. The van der Waals surface area contributed by atoms with Crippen molar-refractivity contribution in [1.82, 2.24) is 0 Å². The normalized spacial score (nSPS) is 8.90. The van der Waals surface area contributed by atoms with Crippen LogP contribution in [0.1, 0.15) is 0 Å². The lowest BCUT2D eigenvalue weighted by Gasteiger charge is -2.07. The third kappa shape index (κ3) is 1.33. The van der Waals surface area contributed by atoms with Gasteiger partial charge in [-0.1, -0.05) is 12.1 Å². The van der Waals surface area contributed by atoms with Gasteiger partial charge in [-0.25, -0.2) is 5.84 Å². The molecule has 0 fully saturated rings. The maximum atomic E-state index is 10.1. The highest BCUT2D eigenvalue weighted by molar-refractivity contribution is 5.72. The summed E-state index contributed by atoms with van der Waals surface area (Å²) in [6.07, 6.45) is 0.551. The highest BCUT2D eigenvalue weighted by atomic mass is 16.1. The summed E-state index contributed by atoms with van der Waals surface area (Å²) >= 11 is 0. The molecule has 1 aromatic rings. The molecule has 3 nitrogen and oxygen atoms in total. The molecule has 0 unspecified atom stereocenters. The van der Waals surface area contributed by atoms with Gasteiger partial charge in [0.05, 0.1) is 5.69 Å². The maximum absolute atomic E-state index is 10.1. The van der Waals surface area contributed by atoms with Gasteiger partial charge in [-0.15, -0.1) is 0 Å². The fraction of sp³-hybridized carbons (Fsp3) is 0. The van der Waals surface area contributed by atoms with Gasteiger partial charge >= 0.3 is 0 Å². The van der Waals surface area contributed by atoms with E-state index in [1.165, 1.54) is 0 Å². The van der Waals surface area contributed by atoms with Gasteiger partial charge in [-0.2, -0.15) is 0 Å². The Morgan fingerprint density at radius 2 is 2.10 bits per heavy atom. The van der Waals surface area contributed by atoms with Crippen molar-refractivity contribution in [1.29, 1.82) is 0 Å². The second kappa shape index (κ2) is 2.98. The Kier molecular flexibility index (Phi) is 2.02. The van der Waals surface area contributed by atoms with E-state index < -0.39 is 0 Å². The van der Waals surface area contributed by atoms with Crippen LogP contribution in [-0.2, 0) is 4.79 Å². The molecule has 0 bridgehead atoms. The molecule has 1 rings (SSSR count). The topological polar surface area (TPSA) is 46.3 Å². The van der Waals surface area contributed by atoms with Gasteiger partial charge in [0, 0.05) is 0 Å². The summed E-state index contributed by atoms with van der Waals surface area (Å²) in [5.41, 5.74) is 0.661. The molecule has 1 amide bonds. The van der Waals surface area contributed by atoms with Crippen molar-refractivity contribution in [2.24, 2.45) is 5.84 Å². The molecule has 0 spiro atoms. The predicted molar refractivity (Wildman–Crippen MR) is 38.0 cm³/mol. The number of hydrazine groups is 1. The van der Waals surface area contributed by atoms with Gasteiger partial charge in [0.1, 0.15) is 0 Å². The van der Waals surface area contributed by atoms with E-state index in [2.05, 4.69) is 6.07 Å². The number of nitrogens with zero attached hydrogens (tertiary/aromatic N) is 1. The van der Waals surface area contributed by atoms with Gasteiger partial charge in [0.15, 0.2) is 0 Å². The average molecular weight is 135 g/mol. The first-order valence-electron chi connectivity index (χ1n) is 2.80. The van der Waals surface area contributed by atoms with E-state index in [9.17, 15) is 4.79 Å². The molecule has 0 aromatic heterocycles. The second-order valence-electron chi connectivity index (χ2n) is 1.77. The van der Waals surface area contributed by atoms with Crippen molar-refractivity contribution >= 4 is 12.1 Å². The number of hydrogen-bond acceptors (Lipinski definition) is 2. The van der Waals surface area contributed by atoms with E-state index in [4.69, 9.17) is 5.84 Å². The van der Waals surface area contributed by atoms with Crippen molar-refractivity contribution in [3.8, 4) is 0 Å². The number of carbonyl (C=O) groups excluding carboxylic acids is 1. The molecule has 0 saturated heterocycles. The Hall–Kier alpha value is -1.35. The molecule has 2 N–H and O–H groups in total. The standard InChI is InChI=1S/C7H7N2O/c8-9(6-10)7-4-2-1-3-5-7/h2-6H,8H2. The third-order valence-electron chi connectivity index (χ3n) is 1.11. The Morgan fingerprint density at radius 1 is 1.50 bits per heavy atom. The minimum atomic E-state index is 0.551. The number of nitrogens with two attached hydrogens (primary N) is 1. The van der Waals surface area contributed by atoms with Crippen LogP contribution in [0.25, 0.3) is 0 Å². The maximum Gasteiger partial charge on any atom is 0.228 e. The van der Waals surface area contributed by atoms with Crippen LogP contribution in [0.2, 0.25) is 0 Å². The summed E-state index contributed by atoms with van der Waals surface area (Å²) in [4.78, 5) is 10.1. The van der Waals surface area contributed by atoms with E-state index >= 15 is 0 Å². The van der Waals surface area contributed by atoms with Crippen molar-refractivity contribution < 1.29 is 4.79 Å². The lowest BCUT2D eigenvalue weighted by molar-refractivity contribution is -0.107. The number of rotatable bonds is 2. The van der Waals surface area contributed by atoms with E-state index in [0.717, 1.165) is 5.01 Å². The fourth-order valence-corrected chi connectivity index (χ4v) is 0.611. The highest BCUT2D eigenvalue weighted by Crippen LogP contribution is 2.05. The van der Waals surface area contributed by atoms with Crippen LogP contribution in [0.4, 0.5) is 5.69 Å². The smallest absolute Gasteiger partial charge is 0.228 e. The Labute approximate surface area is 59.0 Å². The molecule has 1 radical (unpaired) electrons. The predicted octanol–water partition coefficient (Wildman–Crippen LogP) is 0.323. The summed E-state index contributed by atoms with van der Waals surface area (Å²) in [6.45, 7) is 0. The molecule has 10 heavy (non-hydrogen) atoms. The lowest BCUT2D eigenvalue weighted by Crippen LogP contribution is -2.28. The van der Waals surface area contributed by atoms with Gasteiger partial charge in [0.25, 0.3) is 0 Å². The molecule has 0 aliphatic heterocycles. The van der Waals surface area contributed by atoms with E-state index in [1.807, 2.05) is 0 Å². The first-order valence-corrected chi connectivity index (χ1v) is 2.80. The Bertz CT molecular complexity index is 210. The summed E-state index contributed by atoms with van der Waals surface area (Å²) in [5.74, 6) is 5.25. The van der Waals surface area contributed by atoms with E-state index in [-0.39, 0.29) is 0 Å². The summed E-state index contributed by atoms with van der Waals surface area (Å²) in [6, 6.07) is 9.61. The van der Waals surface area contributed by atoms with Crippen molar-refractivity contribution in [2.45, 2.75) is 0 Å². The minimum Gasteiger partial charge on any atom is -0.277 e. The van der Waals surface area contributed by atoms with Crippen LogP contribution in [0.3, 0.4) is 0 Å². The van der Waals surface area contributed by atoms with E-state index in [0.29, 0.717) is 12.1 Å². The Balaban J connectivity index is 2.84. The number of carbonyl (C=O) groups is 1. The molecular formula is C7H7N2O. The summed E-state index contributed by atoms with van der Waals surface area (Å²) < 4.78 is 0. The zero-order valence-corrected chi connectivity index (χ0v) is 5.32. The molecule has 0 aliphatic carbocycles. The van der Waals surface area contributed by atoms with Crippen LogP contribution in [0.5, 0.6) is 0 Å². The number of benzene rings is 1. The van der Waals surface area contributed by atoms with Crippen LogP contribution < -0.4 is 10.9 Å². The zero-order valence-electron chi connectivity index (χ0n) is 5.32. The fourth-order valence-electron chi connectivity index (χ4n) is 0.611. The number of hydrogen-bond donors (Lipinski definition) is 1. The molecule has 0 heterocycles. The Morgan fingerprint density at radius 3 is 2.60 bits per heavy atom. The minimum absolute atomic E-state index is 0.551. The van der Waals surface area contributed by atoms with Crippen LogP contribution in [0, 0.1) is 6.07 Å². The molecular weight excluding hydrogens is 128 g/mol. The first kappa shape index (κ1) is 6.77. The van der Waals surface area contributed by atoms with Gasteiger partial charge in [-0.3, -0.25) is 9.80 Å². The highest BCUT2D eigenvalue weighted by Gasteiger charge is 1.94. The molecule has 0 aliphatic rings. The van der Waals surface area contributed by atoms with Crippen LogP contribution in [-0.4, -0.2) is 6.41 Å². The quantitative estimate of drug-likeness (QED) is 0.275. The summed E-state index contributed by atoms with van der Waals surface area (Å²) in [5, 5.41) is 1.01. The lowest BCUT2D eigenvalue weighted by atomic mass is 10.3. The molecule has 3 heteroatoms. The van der Waals surface area contributed by atoms with Crippen molar-refractivity contribution in [3.63, 3.8) is 0 Å². The van der Waals surface area contributed by atoms with Crippen molar-refractivity contribution in [3.05, 3.63) is 30.3 Å². The number of amides is 1. The van der Waals surface area contributed by atoms with Gasteiger partial charge in [-0.05, 0) is 18.2 Å². The van der Waals surface area contributed by atoms with Crippen LogP contribution in [0.15, 0.2) is 24.3 Å². The van der Waals surface area contributed by atoms with Crippen molar-refractivity contribution in [2.75, 3.05) is 5.01 Å². The van der Waals surface area contributed by atoms with Gasteiger partial charge < -0.3 is 0 Å². The largest absolute Gasteiger partial charge is 0.277 e. The SMILES string of the molecule is NN(C=O)c1cc[c]cc1. The first-order chi connectivity index (χ1) is 4.84. The average Bonchev–Trinajstić information content (AvgIpc) is 2.05. The zero-order chi connectivity index (χ0) is 7.40. The molecule has 51 valence electrons. The van der Waals surface area contributed by atoms with Gasteiger partial charge in [0.2, 0.25) is 6.41 Å². The number of anilines is 1. The monoisotopic (exact) mass is 135 g/mol. The van der Waals surface area contributed by atoms with E-state index in [1.54, 1.807) is 24.3 Å². The summed E-state index contributed by atoms with van der Waals surface area (Å²) in [7, 11) is 0.